The molecule has 0 bridgehead atoms. The van der Waals surface area contributed by atoms with Gasteiger partial charge in [0, 0.05) is 11.8 Å². The minimum Gasteiger partial charge on any atom is -0.489 e. The smallest absolute Gasteiger partial charge is 0.138 e. The molecular formula is C18H21NO2. The predicted molar refractivity (Wildman–Crippen MR) is 82.5 cm³/mol. The Bertz CT molecular complexity index is 603. The summed E-state index contributed by atoms with van der Waals surface area (Å²) in [6.45, 7) is 3.94. The second-order valence-electron chi connectivity index (χ2n) is 5.96. The summed E-state index contributed by atoms with van der Waals surface area (Å²) in [5.41, 5.74) is 3.02. The summed E-state index contributed by atoms with van der Waals surface area (Å²) in [5, 5.41) is 10.5. The second-order valence-corrected chi connectivity index (χ2v) is 5.96. The van der Waals surface area contributed by atoms with Crippen LogP contribution >= 0.6 is 0 Å². The van der Waals surface area contributed by atoms with Crippen LogP contribution in [0.1, 0.15) is 55.4 Å². The first-order valence-electron chi connectivity index (χ1n) is 7.53. The number of nitrogens with zero attached hydrogens (tertiary/aromatic N) is 1. The van der Waals surface area contributed by atoms with E-state index in [4.69, 9.17) is 4.74 Å². The van der Waals surface area contributed by atoms with Gasteiger partial charge in [-0.1, -0.05) is 24.3 Å². The van der Waals surface area contributed by atoms with Crippen molar-refractivity contribution in [3.63, 3.8) is 0 Å². The Morgan fingerprint density at radius 1 is 1.10 bits per heavy atom. The molecule has 0 spiro atoms. The minimum atomic E-state index is -0.665. The Hall–Kier alpha value is -1.87. The van der Waals surface area contributed by atoms with Crippen LogP contribution in [0.2, 0.25) is 0 Å². The van der Waals surface area contributed by atoms with E-state index in [-0.39, 0.29) is 6.10 Å². The number of ether oxygens (including phenoxy) is 1. The number of hydrogen-bond donors (Lipinski definition) is 1. The maximum atomic E-state index is 10.5. The molecule has 0 saturated heterocycles. The molecule has 110 valence electrons. The van der Waals surface area contributed by atoms with Crippen molar-refractivity contribution in [3.8, 4) is 5.75 Å². The molecule has 1 aromatic heterocycles. The van der Waals surface area contributed by atoms with Gasteiger partial charge in [0.15, 0.2) is 0 Å². The third-order valence-electron chi connectivity index (χ3n) is 3.72. The SMILES string of the molecule is CC(C)Oc1cncc(C(O)c2ccc(C3CC3)cc2)c1. The van der Waals surface area contributed by atoms with Gasteiger partial charge in [0.2, 0.25) is 0 Å². The van der Waals surface area contributed by atoms with Crippen molar-refractivity contribution in [2.45, 2.75) is 44.8 Å². The van der Waals surface area contributed by atoms with Crippen LogP contribution in [-0.2, 0) is 0 Å². The highest BCUT2D eigenvalue weighted by Gasteiger charge is 2.23. The highest BCUT2D eigenvalue weighted by atomic mass is 16.5. The first-order valence-corrected chi connectivity index (χ1v) is 7.53. The lowest BCUT2D eigenvalue weighted by molar-refractivity contribution is 0.215. The standard InChI is InChI=1S/C18H21NO2/c1-12(2)21-17-9-16(10-19-11-17)18(20)15-7-5-14(6-8-15)13-3-4-13/h5-13,18,20H,3-4H2,1-2H3. The maximum absolute atomic E-state index is 10.5. The lowest BCUT2D eigenvalue weighted by Crippen LogP contribution is -2.07. The summed E-state index contributed by atoms with van der Waals surface area (Å²) in [5.74, 6) is 1.43. The average molecular weight is 283 g/mol. The van der Waals surface area contributed by atoms with Crippen LogP contribution in [0.15, 0.2) is 42.7 Å². The number of benzene rings is 1. The van der Waals surface area contributed by atoms with Gasteiger partial charge in [-0.3, -0.25) is 4.98 Å². The summed E-state index contributed by atoms with van der Waals surface area (Å²) in [6.07, 6.45) is 5.37. The van der Waals surface area contributed by atoms with Crippen LogP contribution in [0.5, 0.6) is 5.75 Å². The minimum absolute atomic E-state index is 0.0945. The molecule has 3 rings (SSSR count). The number of aromatic nitrogens is 1. The van der Waals surface area contributed by atoms with Gasteiger partial charge in [-0.2, -0.15) is 0 Å². The third kappa shape index (κ3) is 3.42. The predicted octanol–water partition coefficient (Wildman–Crippen LogP) is 3.83. The van der Waals surface area contributed by atoms with Crippen molar-refractivity contribution < 1.29 is 9.84 Å². The van der Waals surface area contributed by atoms with Crippen LogP contribution < -0.4 is 4.74 Å². The van der Waals surface area contributed by atoms with Crippen LogP contribution in [0.3, 0.4) is 0 Å². The fraction of sp³-hybridized carbons (Fsp3) is 0.389. The van der Waals surface area contributed by atoms with Crippen molar-refractivity contribution in [1.82, 2.24) is 4.98 Å². The van der Waals surface area contributed by atoms with Crippen molar-refractivity contribution in [3.05, 3.63) is 59.4 Å². The Kier molecular flexibility index (Phi) is 3.93. The fourth-order valence-corrected chi connectivity index (χ4v) is 2.48. The normalized spacial score (nSPS) is 16.0. The molecule has 0 amide bonds. The van der Waals surface area contributed by atoms with Crippen LogP contribution in [0.25, 0.3) is 0 Å². The molecule has 0 radical (unpaired) electrons. The summed E-state index contributed by atoms with van der Waals surface area (Å²) >= 11 is 0. The van der Waals surface area contributed by atoms with Crippen LogP contribution in [0, 0.1) is 0 Å². The van der Waals surface area contributed by atoms with E-state index in [0.29, 0.717) is 5.75 Å². The van der Waals surface area contributed by atoms with Gasteiger partial charge in [0.1, 0.15) is 11.9 Å². The quantitative estimate of drug-likeness (QED) is 0.907. The number of aliphatic hydroxyl groups is 1. The van der Waals surface area contributed by atoms with Crippen molar-refractivity contribution in [2.24, 2.45) is 0 Å². The molecule has 21 heavy (non-hydrogen) atoms. The van der Waals surface area contributed by atoms with E-state index in [2.05, 4.69) is 17.1 Å². The first-order chi connectivity index (χ1) is 10.1. The van der Waals surface area contributed by atoms with Crippen LogP contribution in [-0.4, -0.2) is 16.2 Å². The van der Waals surface area contributed by atoms with Gasteiger partial charge in [0.05, 0.1) is 12.3 Å². The van der Waals surface area contributed by atoms with Gasteiger partial charge in [-0.05, 0) is 49.8 Å². The maximum Gasteiger partial charge on any atom is 0.138 e. The summed E-state index contributed by atoms with van der Waals surface area (Å²) in [4.78, 5) is 4.16. The number of rotatable bonds is 5. The molecule has 3 nitrogen and oxygen atoms in total. The Morgan fingerprint density at radius 2 is 1.81 bits per heavy atom. The number of pyridine rings is 1. The molecule has 1 aliphatic rings. The third-order valence-corrected chi connectivity index (χ3v) is 3.72. The van der Waals surface area contributed by atoms with E-state index in [9.17, 15) is 5.11 Å². The van der Waals surface area contributed by atoms with Gasteiger partial charge < -0.3 is 9.84 Å². The van der Waals surface area contributed by atoms with Crippen molar-refractivity contribution in [1.29, 1.82) is 0 Å². The van der Waals surface area contributed by atoms with Gasteiger partial charge in [-0.25, -0.2) is 0 Å². The largest absolute Gasteiger partial charge is 0.489 e. The molecule has 1 unspecified atom stereocenters. The molecule has 1 N–H and O–H groups in total. The Balaban J connectivity index is 1.78. The molecular weight excluding hydrogens is 262 g/mol. The lowest BCUT2D eigenvalue weighted by atomic mass is 10.0. The number of aliphatic hydroxyl groups excluding tert-OH is 1. The molecule has 1 aliphatic carbocycles. The van der Waals surface area contributed by atoms with Gasteiger partial charge >= 0.3 is 0 Å². The molecule has 1 saturated carbocycles. The monoisotopic (exact) mass is 283 g/mol. The Labute approximate surface area is 125 Å². The van der Waals surface area contributed by atoms with Crippen molar-refractivity contribution >= 4 is 0 Å². The lowest BCUT2D eigenvalue weighted by Gasteiger charge is -2.14. The second kappa shape index (κ2) is 5.86. The highest BCUT2D eigenvalue weighted by molar-refractivity contribution is 5.35. The highest BCUT2D eigenvalue weighted by Crippen LogP contribution is 2.40. The molecule has 1 aromatic carbocycles. The van der Waals surface area contributed by atoms with E-state index in [1.54, 1.807) is 12.4 Å². The summed E-state index contributed by atoms with van der Waals surface area (Å²) in [6, 6.07) is 10.1. The summed E-state index contributed by atoms with van der Waals surface area (Å²) in [7, 11) is 0. The molecule has 1 atom stereocenters. The van der Waals surface area contributed by atoms with E-state index in [0.717, 1.165) is 17.0 Å². The van der Waals surface area contributed by atoms with E-state index in [1.807, 2.05) is 32.0 Å². The molecule has 1 heterocycles. The zero-order chi connectivity index (χ0) is 14.8. The molecule has 0 aliphatic heterocycles. The summed E-state index contributed by atoms with van der Waals surface area (Å²) < 4.78 is 5.63. The molecule has 3 heteroatoms. The van der Waals surface area contributed by atoms with E-state index >= 15 is 0 Å². The van der Waals surface area contributed by atoms with Crippen LogP contribution in [0.4, 0.5) is 0 Å². The van der Waals surface area contributed by atoms with E-state index < -0.39 is 6.10 Å². The fourth-order valence-electron chi connectivity index (χ4n) is 2.48. The Morgan fingerprint density at radius 3 is 2.43 bits per heavy atom. The zero-order valence-corrected chi connectivity index (χ0v) is 12.5. The molecule has 2 aromatic rings. The van der Waals surface area contributed by atoms with Gasteiger partial charge in [-0.15, -0.1) is 0 Å². The zero-order valence-electron chi connectivity index (χ0n) is 12.5. The number of hydrogen-bond acceptors (Lipinski definition) is 3. The topological polar surface area (TPSA) is 42.4 Å². The van der Waals surface area contributed by atoms with Gasteiger partial charge in [0.25, 0.3) is 0 Å². The average Bonchev–Trinajstić information content (AvgIpc) is 3.31. The first kappa shape index (κ1) is 14.1. The molecule has 1 fully saturated rings. The van der Waals surface area contributed by atoms with E-state index in [1.165, 1.54) is 18.4 Å². The van der Waals surface area contributed by atoms with Crippen molar-refractivity contribution in [2.75, 3.05) is 0 Å².